The summed E-state index contributed by atoms with van der Waals surface area (Å²) in [5, 5.41) is 11.7. The summed E-state index contributed by atoms with van der Waals surface area (Å²) in [6.45, 7) is 9.47. The highest BCUT2D eigenvalue weighted by atomic mass is 127. The molecule has 2 aromatic rings. The number of benzene rings is 2. The number of hydrogen-bond donors (Lipinski definition) is 3. The quantitative estimate of drug-likeness (QED) is 0.239. The lowest BCUT2D eigenvalue weighted by Gasteiger charge is -2.20. The van der Waals surface area contributed by atoms with Crippen LogP contribution in [0.2, 0.25) is 0 Å². The van der Waals surface area contributed by atoms with Crippen molar-refractivity contribution in [1.29, 1.82) is 0 Å². The van der Waals surface area contributed by atoms with Crippen molar-refractivity contribution in [3.63, 3.8) is 0 Å². The van der Waals surface area contributed by atoms with Crippen molar-refractivity contribution in [3.8, 4) is 5.75 Å². The van der Waals surface area contributed by atoms with Gasteiger partial charge in [0, 0.05) is 25.7 Å². The molecule has 0 aromatic heterocycles. The summed E-state index contributed by atoms with van der Waals surface area (Å²) in [4.78, 5) is 4.34. The number of nitrogens with one attached hydrogen (secondary N) is 2. The fourth-order valence-corrected chi connectivity index (χ4v) is 3.85. The predicted octanol–water partition coefficient (Wildman–Crippen LogP) is 3.94. The highest BCUT2D eigenvalue weighted by molar-refractivity contribution is 14.0. The van der Waals surface area contributed by atoms with E-state index in [1.807, 2.05) is 13.0 Å². The van der Waals surface area contributed by atoms with Gasteiger partial charge >= 0.3 is 0 Å². The highest BCUT2D eigenvalue weighted by Crippen LogP contribution is 2.23. The summed E-state index contributed by atoms with van der Waals surface area (Å²) in [5.74, 6) is 2.04. The molecule has 0 aliphatic rings. The normalized spacial score (nSPS) is 12.8. The van der Waals surface area contributed by atoms with Crippen LogP contribution in [0.3, 0.4) is 0 Å². The minimum atomic E-state index is -3.73. The number of ether oxygens (including phenoxy) is 1. The van der Waals surface area contributed by atoms with Crippen molar-refractivity contribution in [2.45, 2.75) is 58.2 Å². The molecular formula is C23H35IN4O3S. The Morgan fingerprint density at radius 1 is 1.09 bits per heavy atom. The van der Waals surface area contributed by atoms with Crippen molar-refractivity contribution in [1.82, 2.24) is 10.6 Å². The average Bonchev–Trinajstić information content (AvgIpc) is 2.68. The molecule has 2 aromatic carbocycles. The van der Waals surface area contributed by atoms with E-state index in [2.05, 4.69) is 54.6 Å². The smallest absolute Gasteiger partial charge is 0.238 e. The van der Waals surface area contributed by atoms with Crippen LogP contribution in [0.1, 0.15) is 43.9 Å². The van der Waals surface area contributed by atoms with Crippen LogP contribution in [0.5, 0.6) is 5.75 Å². The molecule has 4 N–H and O–H groups in total. The number of aryl methyl sites for hydroxylation is 1. The largest absolute Gasteiger partial charge is 0.490 e. The van der Waals surface area contributed by atoms with Crippen LogP contribution < -0.4 is 20.5 Å². The van der Waals surface area contributed by atoms with Gasteiger partial charge < -0.3 is 15.4 Å². The lowest BCUT2D eigenvalue weighted by molar-refractivity contribution is 0.191. The SMILES string of the molecule is CN=C(NCc1cccc(S(N)(=O)=O)c1)NCc1ccc(C)cc1OC(C)CC(C)C.I. The molecule has 0 aliphatic heterocycles. The third-order valence-corrected chi connectivity index (χ3v) is 5.62. The molecule has 0 saturated carbocycles. The second-order valence-electron chi connectivity index (χ2n) is 8.14. The summed E-state index contributed by atoms with van der Waals surface area (Å²) >= 11 is 0. The van der Waals surface area contributed by atoms with E-state index in [0.717, 1.165) is 28.9 Å². The predicted molar refractivity (Wildman–Crippen MR) is 141 cm³/mol. The van der Waals surface area contributed by atoms with E-state index < -0.39 is 10.0 Å². The number of rotatable bonds is 9. The fraction of sp³-hybridized carbons (Fsp3) is 0.435. The Bertz CT molecular complexity index is 1010. The van der Waals surface area contributed by atoms with E-state index in [4.69, 9.17) is 9.88 Å². The van der Waals surface area contributed by atoms with Gasteiger partial charge in [-0.1, -0.05) is 38.1 Å². The van der Waals surface area contributed by atoms with Crippen LogP contribution in [-0.2, 0) is 23.1 Å². The van der Waals surface area contributed by atoms with E-state index >= 15 is 0 Å². The Morgan fingerprint density at radius 3 is 2.41 bits per heavy atom. The Morgan fingerprint density at radius 2 is 1.78 bits per heavy atom. The van der Waals surface area contributed by atoms with Gasteiger partial charge in [0.1, 0.15) is 5.75 Å². The number of nitrogens with two attached hydrogens (primary N) is 1. The molecule has 0 fully saturated rings. The van der Waals surface area contributed by atoms with Crippen LogP contribution in [0.15, 0.2) is 52.4 Å². The standard InChI is InChI=1S/C23H34N4O3S.HI/c1-16(2)11-18(4)30-22-12-17(3)9-10-20(22)15-27-23(25-5)26-14-19-7-6-8-21(13-19)31(24,28)29;/h6-10,12-13,16,18H,11,14-15H2,1-5H3,(H2,24,28,29)(H2,25,26,27);1H. The van der Waals surface area contributed by atoms with Crippen molar-refractivity contribution < 1.29 is 13.2 Å². The minimum absolute atomic E-state index is 0. The maximum absolute atomic E-state index is 11.5. The Balaban J connectivity index is 0.00000512. The van der Waals surface area contributed by atoms with Crippen LogP contribution in [0.25, 0.3) is 0 Å². The molecule has 0 amide bonds. The molecule has 0 bridgehead atoms. The summed E-state index contributed by atoms with van der Waals surface area (Å²) in [5.41, 5.74) is 2.98. The average molecular weight is 575 g/mol. The molecule has 9 heteroatoms. The number of hydrogen-bond acceptors (Lipinski definition) is 4. The van der Waals surface area contributed by atoms with E-state index in [1.54, 1.807) is 19.2 Å². The molecule has 0 radical (unpaired) electrons. The number of aliphatic imine (C=N–C) groups is 1. The molecule has 1 atom stereocenters. The van der Waals surface area contributed by atoms with Gasteiger partial charge in [-0.05, 0) is 55.5 Å². The fourth-order valence-electron chi connectivity index (χ4n) is 3.26. The van der Waals surface area contributed by atoms with Gasteiger partial charge in [-0.3, -0.25) is 4.99 Å². The second-order valence-corrected chi connectivity index (χ2v) is 9.70. The Labute approximate surface area is 209 Å². The lowest BCUT2D eigenvalue weighted by Crippen LogP contribution is -2.36. The van der Waals surface area contributed by atoms with Crippen LogP contribution in [-0.4, -0.2) is 27.5 Å². The molecule has 0 aliphatic carbocycles. The number of nitrogens with zero attached hydrogens (tertiary/aromatic N) is 1. The van der Waals surface area contributed by atoms with Crippen molar-refractivity contribution >= 4 is 40.0 Å². The molecule has 0 saturated heterocycles. The zero-order valence-electron chi connectivity index (χ0n) is 19.4. The van der Waals surface area contributed by atoms with Gasteiger partial charge in [0.2, 0.25) is 10.0 Å². The van der Waals surface area contributed by atoms with E-state index in [-0.39, 0.29) is 35.0 Å². The van der Waals surface area contributed by atoms with Gasteiger partial charge in [0.25, 0.3) is 0 Å². The Hall–Kier alpha value is -1.85. The maximum atomic E-state index is 11.5. The van der Waals surface area contributed by atoms with Crippen LogP contribution >= 0.6 is 24.0 Å². The maximum Gasteiger partial charge on any atom is 0.238 e. The van der Waals surface area contributed by atoms with Gasteiger partial charge in [-0.15, -0.1) is 24.0 Å². The van der Waals surface area contributed by atoms with E-state index in [9.17, 15) is 8.42 Å². The first-order valence-electron chi connectivity index (χ1n) is 10.4. The first kappa shape index (κ1) is 28.2. The number of halogens is 1. The summed E-state index contributed by atoms with van der Waals surface area (Å²) in [7, 11) is -2.04. The summed E-state index contributed by atoms with van der Waals surface area (Å²) in [6, 6.07) is 12.7. The molecule has 0 heterocycles. The lowest BCUT2D eigenvalue weighted by atomic mass is 10.1. The molecule has 0 spiro atoms. The van der Waals surface area contributed by atoms with Crippen molar-refractivity contribution in [2.75, 3.05) is 7.05 Å². The molecule has 32 heavy (non-hydrogen) atoms. The van der Waals surface area contributed by atoms with E-state index in [1.165, 1.54) is 6.07 Å². The van der Waals surface area contributed by atoms with Crippen molar-refractivity contribution in [3.05, 3.63) is 59.2 Å². The molecule has 7 nitrogen and oxygen atoms in total. The number of sulfonamides is 1. The summed E-state index contributed by atoms with van der Waals surface area (Å²) < 4.78 is 29.3. The minimum Gasteiger partial charge on any atom is -0.490 e. The molecular weight excluding hydrogens is 539 g/mol. The van der Waals surface area contributed by atoms with Gasteiger partial charge in [0.05, 0.1) is 11.0 Å². The summed E-state index contributed by atoms with van der Waals surface area (Å²) in [6.07, 6.45) is 1.12. The zero-order valence-corrected chi connectivity index (χ0v) is 22.5. The van der Waals surface area contributed by atoms with Gasteiger partial charge in [-0.2, -0.15) is 0 Å². The van der Waals surface area contributed by atoms with Crippen LogP contribution in [0.4, 0.5) is 0 Å². The molecule has 1 unspecified atom stereocenters. The highest BCUT2D eigenvalue weighted by Gasteiger charge is 2.12. The monoisotopic (exact) mass is 574 g/mol. The number of primary sulfonamides is 1. The third-order valence-electron chi connectivity index (χ3n) is 4.71. The Kier molecular flexibility index (Phi) is 11.5. The molecule has 178 valence electrons. The zero-order chi connectivity index (χ0) is 23.0. The van der Waals surface area contributed by atoms with Crippen LogP contribution in [0, 0.1) is 12.8 Å². The van der Waals surface area contributed by atoms with Gasteiger partial charge in [-0.25, -0.2) is 13.6 Å². The first-order chi connectivity index (χ1) is 14.6. The van der Waals surface area contributed by atoms with Gasteiger partial charge in [0.15, 0.2) is 5.96 Å². The molecule has 2 rings (SSSR count). The number of guanidine groups is 1. The topological polar surface area (TPSA) is 106 Å². The first-order valence-corrected chi connectivity index (χ1v) is 12.0. The second kappa shape index (κ2) is 13.0. The van der Waals surface area contributed by atoms with Crippen molar-refractivity contribution in [2.24, 2.45) is 16.0 Å². The van der Waals surface area contributed by atoms with E-state index in [0.29, 0.717) is 25.0 Å². The third kappa shape index (κ3) is 9.33.